The molecule has 0 aliphatic carbocycles. The fourth-order valence-corrected chi connectivity index (χ4v) is 3.03. The van der Waals surface area contributed by atoms with Crippen LogP contribution in [-0.2, 0) is 6.61 Å². The van der Waals surface area contributed by atoms with Crippen LogP contribution in [0.15, 0.2) is 59.4 Å². The molecule has 2 heterocycles. The summed E-state index contributed by atoms with van der Waals surface area (Å²) in [6.07, 6.45) is 0. The molecule has 28 heavy (non-hydrogen) atoms. The van der Waals surface area contributed by atoms with E-state index in [9.17, 15) is 18.8 Å². The van der Waals surface area contributed by atoms with E-state index >= 15 is 0 Å². The summed E-state index contributed by atoms with van der Waals surface area (Å²) in [7, 11) is 0. The van der Waals surface area contributed by atoms with E-state index in [1.54, 1.807) is 36.4 Å². The Morgan fingerprint density at radius 1 is 1.00 bits per heavy atom. The molecule has 2 amide bonds. The molecular weight excluding hydrogens is 365 g/mol. The van der Waals surface area contributed by atoms with E-state index in [2.05, 4.69) is 5.32 Å². The Balaban J connectivity index is 1.61. The molecule has 0 saturated heterocycles. The molecule has 3 aromatic rings. The van der Waals surface area contributed by atoms with Crippen molar-refractivity contribution in [2.75, 3.05) is 5.73 Å². The van der Waals surface area contributed by atoms with Gasteiger partial charge >= 0.3 is 0 Å². The third kappa shape index (κ3) is 3.01. The Hall–Kier alpha value is -3.94. The minimum Gasteiger partial charge on any atom is -0.489 e. The first-order chi connectivity index (χ1) is 13.4. The van der Waals surface area contributed by atoms with Crippen LogP contribution < -0.4 is 21.3 Å². The number of imide groups is 1. The highest BCUT2D eigenvalue weighted by Gasteiger charge is 2.31. The average Bonchev–Trinajstić information content (AvgIpc) is 2.95. The number of fused-ring (bicyclic) bond motifs is 1. The number of anilines is 1. The number of rotatable bonds is 4. The second-order valence-corrected chi connectivity index (χ2v) is 6.19. The quantitative estimate of drug-likeness (QED) is 0.675. The van der Waals surface area contributed by atoms with Gasteiger partial charge in [0.2, 0.25) is 0 Å². The summed E-state index contributed by atoms with van der Waals surface area (Å²) in [5, 5.41) is 2.12. The van der Waals surface area contributed by atoms with Crippen molar-refractivity contribution >= 4 is 17.6 Å². The SMILES string of the molecule is Nc1c2c(cc(=O)n1-c1ccc(OCc3cccc(F)c3)cc1)C(=O)NC2=O. The highest BCUT2D eigenvalue weighted by Crippen LogP contribution is 2.24. The number of pyridine rings is 1. The van der Waals surface area contributed by atoms with Gasteiger partial charge in [-0.3, -0.25) is 24.3 Å². The lowest BCUT2D eigenvalue weighted by Crippen LogP contribution is -2.24. The zero-order valence-corrected chi connectivity index (χ0v) is 14.4. The number of hydrogen-bond donors (Lipinski definition) is 2. The van der Waals surface area contributed by atoms with Crippen molar-refractivity contribution in [2.45, 2.75) is 6.61 Å². The molecule has 3 N–H and O–H groups in total. The lowest BCUT2D eigenvalue weighted by atomic mass is 10.1. The van der Waals surface area contributed by atoms with Gasteiger partial charge in [-0.2, -0.15) is 0 Å². The van der Waals surface area contributed by atoms with Gasteiger partial charge < -0.3 is 10.5 Å². The molecule has 0 radical (unpaired) electrons. The minimum atomic E-state index is -0.642. The molecule has 0 saturated carbocycles. The molecule has 0 atom stereocenters. The molecule has 0 fully saturated rings. The van der Waals surface area contributed by atoms with Gasteiger partial charge in [0.15, 0.2) is 0 Å². The largest absolute Gasteiger partial charge is 0.489 e. The Bertz CT molecular complexity index is 1170. The number of nitrogens with zero attached hydrogens (tertiary/aromatic N) is 1. The lowest BCUT2D eigenvalue weighted by molar-refractivity contribution is 0.0880. The number of nitrogen functional groups attached to an aromatic ring is 1. The second kappa shape index (κ2) is 6.66. The van der Waals surface area contributed by atoms with E-state index in [0.29, 0.717) is 17.0 Å². The zero-order chi connectivity index (χ0) is 19.8. The molecule has 140 valence electrons. The number of amides is 2. The number of halogens is 1. The van der Waals surface area contributed by atoms with E-state index in [0.717, 1.165) is 10.6 Å². The minimum absolute atomic E-state index is 0.0176. The zero-order valence-electron chi connectivity index (χ0n) is 14.4. The molecule has 1 aliphatic rings. The number of ether oxygens (including phenoxy) is 1. The first-order valence-electron chi connectivity index (χ1n) is 8.33. The summed E-state index contributed by atoms with van der Waals surface area (Å²) in [4.78, 5) is 36.0. The summed E-state index contributed by atoms with van der Waals surface area (Å²) in [5.74, 6) is -1.23. The maximum atomic E-state index is 13.2. The van der Waals surface area contributed by atoms with Crippen LogP contribution in [0.2, 0.25) is 0 Å². The lowest BCUT2D eigenvalue weighted by Gasteiger charge is -2.13. The van der Waals surface area contributed by atoms with Crippen LogP contribution in [0.25, 0.3) is 5.69 Å². The summed E-state index contributed by atoms with van der Waals surface area (Å²) in [6, 6.07) is 13.6. The standard InChI is InChI=1S/C20H14FN3O4/c21-12-3-1-2-11(8-12)10-28-14-6-4-13(5-7-14)24-16(25)9-15-17(18(24)22)20(27)23-19(15)26/h1-9H,10,22H2,(H,23,26,27). The summed E-state index contributed by atoms with van der Waals surface area (Å²) >= 11 is 0. The van der Waals surface area contributed by atoms with Gasteiger partial charge in [0.05, 0.1) is 16.8 Å². The number of carbonyl (C=O) groups excluding carboxylic acids is 2. The van der Waals surface area contributed by atoms with E-state index < -0.39 is 17.4 Å². The van der Waals surface area contributed by atoms with Crippen molar-refractivity contribution in [1.29, 1.82) is 0 Å². The number of aromatic nitrogens is 1. The van der Waals surface area contributed by atoms with Crippen molar-refractivity contribution in [2.24, 2.45) is 0 Å². The van der Waals surface area contributed by atoms with Crippen LogP contribution in [0, 0.1) is 5.82 Å². The molecule has 4 rings (SSSR count). The third-order valence-corrected chi connectivity index (χ3v) is 4.34. The highest BCUT2D eigenvalue weighted by atomic mass is 19.1. The number of carbonyl (C=O) groups is 2. The highest BCUT2D eigenvalue weighted by molar-refractivity contribution is 6.23. The molecule has 8 heteroatoms. The van der Waals surface area contributed by atoms with Crippen molar-refractivity contribution in [1.82, 2.24) is 9.88 Å². The average molecular weight is 379 g/mol. The fourth-order valence-electron chi connectivity index (χ4n) is 3.03. The Labute approximate surface area is 158 Å². The van der Waals surface area contributed by atoms with Crippen LogP contribution in [0.3, 0.4) is 0 Å². The molecular formula is C20H14FN3O4. The monoisotopic (exact) mass is 379 g/mol. The Kier molecular flexibility index (Phi) is 4.15. The van der Waals surface area contributed by atoms with Gasteiger partial charge in [-0.15, -0.1) is 0 Å². The van der Waals surface area contributed by atoms with Crippen LogP contribution in [-0.4, -0.2) is 16.4 Å². The molecule has 2 aromatic carbocycles. The van der Waals surface area contributed by atoms with Gasteiger partial charge in [-0.25, -0.2) is 4.39 Å². The van der Waals surface area contributed by atoms with Gasteiger partial charge in [0.1, 0.15) is 24.0 Å². The van der Waals surface area contributed by atoms with Crippen molar-refractivity contribution in [3.05, 3.63) is 87.5 Å². The maximum absolute atomic E-state index is 13.2. The summed E-state index contributed by atoms with van der Waals surface area (Å²) < 4.78 is 20.0. The van der Waals surface area contributed by atoms with E-state index in [4.69, 9.17) is 10.5 Å². The molecule has 1 aliphatic heterocycles. The summed E-state index contributed by atoms with van der Waals surface area (Å²) in [5.41, 5.74) is 6.50. The predicted molar refractivity (Wildman–Crippen MR) is 99.0 cm³/mol. The molecule has 0 spiro atoms. The third-order valence-electron chi connectivity index (χ3n) is 4.34. The smallest absolute Gasteiger partial charge is 0.262 e. The molecule has 0 unspecified atom stereocenters. The van der Waals surface area contributed by atoms with Crippen molar-refractivity contribution in [3.63, 3.8) is 0 Å². The number of hydrogen-bond acceptors (Lipinski definition) is 5. The number of nitrogens with one attached hydrogen (secondary N) is 1. The van der Waals surface area contributed by atoms with Crippen molar-refractivity contribution < 1.29 is 18.7 Å². The topological polar surface area (TPSA) is 103 Å². The fraction of sp³-hybridized carbons (Fsp3) is 0.0500. The number of nitrogens with two attached hydrogens (primary N) is 1. The Morgan fingerprint density at radius 2 is 1.75 bits per heavy atom. The second-order valence-electron chi connectivity index (χ2n) is 6.19. The van der Waals surface area contributed by atoms with Crippen LogP contribution in [0.5, 0.6) is 5.75 Å². The molecule has 1 aromatic heterocycles. The maximum Gasteiger partial charge on any atom is 0.262 e. The van der Waals surface area contributed by atoms with Crippen molar-refractivity contribution in [3.8, 4) is 11.4 Å². The summed E-state index contributed by atoms with van der Waals surface area (Å²) in [6.45, 7) is 0.181. The van der Waals surface area contributed by atoms with Crippen LogP contribution >= 0.6 is 0 Å². The van der Waals surface area contributed by atoms with Crippen LogP contribution in [0.4, 0.5) is 10.2 Å². The van der Waals surface area contributed by atoms with Gasteiger partial charge in [-0.05, 0) is 42.0 Å². The first-order valence-corrected chi connectivity index (χ1v) is 8.33. The molecule has 0 bridgehead atoms. The van der Waals surface area contributed by atoms with E-state index in [1.165, 1.54) is 12.1 Å². The van der Waals surface area contributed by atoms with Gasteiger partial charge in [0, 0.05) is 6.07 Å². The van der Waals surface area contributed by atoms with E-state index in [1.807, 2.05) is 0 Å². The molecule has 7 nitrogen and oxygen atoms in total. The van der Waals surface area contributed by atoms with Gasteiger partial charge in [0.25, 0.3) is 17.4 Å². The normalized spacial score (nSPS) is 12.6. The van der Waals surface area contributed by atoms with Crippen LogP contribution in [0.1, 0.15) is 26.3 Å². The Morgan fingerprint density at radius 3 is 2.46 bits per heavy atom. The van der Waals surface area contributed by atoms with Gasteiger partial charge in [-0.1, -0.05) is 12.1 Å². The predicted octanol–water partition coefficient (Wildman–Crippen LogP) is 2.02. The first kappa shape index (κ1) is 17.5. The number of benzene rings is 2. The van der Waals surface area contributed by atoms with E-state index in [-0.39, 0.29) is 29.4 Å².